The third-order valence-electron chi connectivity index (χ3n) is 3.22. The summed E-state index contributed by atoms with van der Waals surface area (Å²) in [7, 11) is 0. The van der Waals surface area contributed by atoms with Crippen LogP contribution in [0.3, 0.4) is 0 Å². The first-order valence-corrected chi connectivity index (χ1v) is 7.54. The van der Waals surface area contributed by atoms with Crippen LogP contribution < -0.4 is 5.32 Å². The Labute approximate surface area is 125 Å². The molecular formula is C15H15BrFN3. The van der Waals surface area contributed by atoms with Crippen LogP contribution in [0.25, 0.3) is 11.4 Å². The van der Waals surface area contributed by atoms with E-state index in [4.69, 9.17) is 0 Å². The van der Waals surface area contributed by atoms with E-state index in [0.29, 0.717) is 21.8 Å². The molecule has 104 valence electrons. The fraction of sp³-hybridized carbons (Fsp3) is 0.333. The van der Waals surface area contributed by atoms with Crippen molar-refractivity contribution in [3.63, 3.8) is 0 Å². The van der Waals surface area contributed by atoms with E-state index in [1.54, 1.807) is 0 Å². The standard InChI is InChI=1S/C15H15BrFN3/c1-2-18-14-8-13(9-3-4-9)19-15(20-14)10-5-11(16)7-12(17)6-10/h5-9H,2-4H2,1H3,(H,18,19,20). The van der Waals surface area contributed by atoms with Crippen molar-refractivity contribution in [1.29, 1.82) is 0 Å². The molecule has 1 aliphatic carbocycles. The minimum atomic E-state index is -0.292. The van der Waals surface area contributed by atoms with Crippen molar-refractivity contribution in [3.8, 4) is 11.4 Å². The van der Waals surface area contributed by atoms with Crippen LogP contribution in [0.2, 0.25) is 0 Å². The van der Waals surface area contributed by atoms with Crippen LogP contribution in [0, 0.1) is 5.82 Å². The highest BCUT2D eigenvalue weighted by atomic mass is 79.9. The van der Waals surface area contributed by atoms with E-state index in [1.165, 1.54) is 25.0 Å². The number of anilines is 1. The largest absolute Gasteiger partial charge is 0.370 e. The molecule has 1 aliphatic rings. The Morgan fingerprint density at radius 2 is 2.05 bits per heavy atom. The van der Waals surface area contributed by atoms with Crippen molar-refractivity contribution in [2.45, 2.75) is 25.7 Å². The van der Waals surface area contributed by atoms with Crippen LogP contribution in [-0.4, -0.2) is 16.5 Å². The van der Waals surface area contributed by atoms with Crippen LogP contribution in [-0.2, 0) is 0 Å². The average Bonchev–Trinajstić information content (AvgIpc) is 3.22. The Hall–Kier alpha value is -1.49. The van der Waals surface area contributed by atoms with Gasteiger partial charge in [-0.3, -0.25) is 0 Å². The highest BCUT2D eigenvalue weighted by Gasteiger charge is 2.26. The Kier molecular flexibility index (Phi) is 3.70. The maximum absolute atomic E-state index is 13.5. The molecule has 1 heterocycles. The van der Waals surface area contributed by atoms with Crippen LogP contribution in [0.5, 0.6) is 0 Å². The first kappa shape index (κ1) is 13.5. The summed E-state index contributed by atoms with van der Waals surface area (Å²) in [6, 6.07) is 6.73. The lowest BCUT2D eigenvalue weighted by Crippen LogP contribution is -2.03. The van der Waals surface area contributed by atoms with Crippen molar-refractivity contribution >= 4 is 21.7 Å². The summed E-state index contributed by atoms with van der Waals surface area (Å²) in [4.78, 5) is 9.07. The molecule has 1 N–H and O–H groups in total. The van der Waals surface area contributed by atoms with E-state index in [0.717, 1.165) is 18.1 Å². The maximum atomic E-state index is 13.5. The van der Waals surface area contributed by atoms with Crippen molar-refractivity contribution < 1.29 is 4.39 Å². The van der Waals surface area contributed by atoms with E-state index in [-0.39, 0.29) is 5.82 Å². The van der Waals surface area contributed by atoms with Gasteiger partial charge in [0.1, 0.15) is 11.6 Å². The number of halogens is 2. The average molecular weight is 336 g/mol. The number of nitrogens with one attached hydrogen (secondary N) is 1. The summed E-state index contributed by atoms with van der Waals surface area (Å²) in [6.45, 7) is 2.82. The number of hydrogen-bond acceptors (Lipinski definition) is 3. The molecule has 1 fully saturated rings. The van der Waals surface area contributed by atoms with E-state index in [2.05, 4.69) is 31.2 Å². The van der Waals surface area contributed by atoms with Crippen LogP contribution in [0.1, 0.15) is 31.4 Å². The molecule has 0 atom stereocenters. The van der Waals surface area contributed by atoms with Gasteiger partial charge in [-0.25, -0.2) is 14.4 Å². The molecule has 1 saturated carbocycles. The monoisotopic (exact) mass is 335 g/mol. The molecule has 0 unspecified atom stereocenters. The molecule has 2 aromatic rings. The molecule has 0 radical (unpaired) electrons. The van der Waals surface area contributed by atoms with Gasteiger partial charge in [-0.1, -0.05) is 15.9 Å². The molecular weight excluding hydrogens is 321 g/mol. The quantitative estimate of drug-likeness (QED) is 0.902. The molecule has 0 amide bonds. The Morgan fingerprint density at radius 1 is 1.25 bits per heavy atom. The Balaban J connectivity index is 2.06. The van der Waals surface area contributed by atoms with Gasteiger partial charge < -0.3 is 5.32 Å². The highest BCUT2D eigenvalue weighted by Crippen LogP contribution is 2.40. The van der Waals surface area contributed by atoms with Gasteiger partial charge in [-0.05, 0) is 38.0 Å². The number of aromatic nitrogens is 2. The Bertz CT molecular complexity index is 621. The van der Waals surface area contributed by atoms with Gasteiger partial charge in [0.15, 0.2) is 5.82 Å². The van der Waals surface area contributed by atoms with Gasteiger partial charge >= 0.3 is 0 Å². The fourth-order valence-electron chi connectivity index (χ4n) is 2.14. The lowest BCUT2D eigenvalue weighted by Gasteiger charge is -2.09. The molecule has 0 bridgehead atoms. The van der Waals surface area contributed by atoms with Gasteiger partial charge in [-0.15, -0.1) is 0 Å². The van der Waals surface area contributed by atoms with Crippen molar-refractivity contribution in [2.75, 3.05) is 11.9 Å². The SMILES string of the molecule is CCNc1cc(C2CC2)nc(-c2cc(F)cc(Br)c2)n1. The number of nitrogens with zero attached hydrogens (tertiary/aromatic N) is 2. The second-order valence-corrected chi connectivity index (χ2v) is 5.88. The van der Waals surface area contributed by atoms with Gasteiger partial charge in [0.05, 0.1) is 0 Å². The predicted molar refractivity (Wildman–Crippen MR) is 81.3 cm³/mol. The molecule has 0 saturated heterocycles. The van der Waals surface area contributed by atoms with Crippen LogP contribution >= 0.6 is 15.9 Å². The van der Waals surface area contributed by atoms with Gasteiger partial charge in [-0.2, -0.15) is 0 Å². The summed E-state index contributed by atoms with van der Waals surface area (Å²) in [5, 5.41) is 3.21. The summed E-state index contributed by atoms with van der Waals surface area (Å²) >= 11 is 3.31. The van der Waals surface area contributed by atoms with E-state index in [1.807, 2.05) is 19.1 Å². The molecule has 0 aliphatic heterocycles. The molecule has 0 spiro atoms. The maximum Gasteiger partial charge on any atom is 0.161 e. The minimum absolute atomic E-state index is 0.292. The molecule has 1 aromatic carbocycles. The van der Waals surface area contributed by atoms with Crippen molar-refractivity contribution in [3.05, 3.63) is 40.2 Å². The zero-order valence-electron chi connectivity index (χ0n) is 11.2. The van der Waals surface area contributed by atoms with Gasteiger partial charge in [0.25, 0.3) is 0 Å². The summed E-state index contributed by atoms with van der Waals surface area (Å²) < 4.78 is 14.2. The van der Waals surface area contributed by atoms with Crippen molar-refractivity contribution in [1.82, 2.24) is 9.97 Å². The first-order chi connectivity index (χ1) is 9.65. The zero-order chi connectivity index (χ0) is 14.1. The molecule has 1 aromatic heterocycles. The predicted octanol–water partition coefficient (Wildman–Crippen LogP) is 4.35. The smallest absolute Gasteiger partial charge is 0.161 e. The molecule has 3 nitrogen and oxygen atoms in total. The lowest BCUT2D eigenvalue weighted by molar-refractivity contribution is 0.627. The van der Waals surface area contributed by atoms with E-state index >= 15 is 0 Å². The normalized spacial score (nSPS) is 14.3. The summed E-state index contributed by atoms with van der Waals surface area (Å²) in [5.41, 5.74) is 1.74. The van der Waals surface area contributed by atoms with Gasteiger partial charge in [0.2, 0.25) is 0 Å². The van der Waals surface area contributed by atoms with Crippen molar-refractivity contribution in [2.24, 2.45) is 0 Å². The summed E-state index contributed by atoms with van der Waals surface area (Å²) in [5.74, 6) is 1.62. The number of rotatable bonds is 4. The molecule has 5 heteroatoms. The fourth-order valence-corrected chi connectivity index (χ4v) is 2.60. The second-order valence-electron chi connectivity index (χ2n) is 4.96. The zero-order valence-corrected chi connectivity index (χ0v) is 12.7. The summed E-state index contributed by atoms with van der Waals surface area (Å²) in [6.07, 6.45) is 2.35. The van der Waals surface area contributed by atoms with Gasteiger partial charge in [0, 0.05) is 34.3 Å². The third-order valence-corrected chi connectivity index (χ3v) is 3.68. The van der Waals surface area contributed by atoms with E-state index < -0.39 is 0 Å². The number of hydrogen-bond donors (Lipinski definition) is 1. The first-order valence-electron chi connectivity index (χ1n) is 6.75. The van der Waals surface area contributed by atoms with E-state index in [9.17, 15) is 4.39 Å². The lowest BCUT2D eigenvalue weighted by atomic mass is 10.2. The van der Waals surface area contributed by atoms with Crippen LogP contribution in [0.4, 0.5) is 10.2 Å². The molecule has 3 rings (SSSR count). The molecule has 20 heavy (non-hydrogen) atoms. The Morgan fingerprint density at radius 3 is 2.70 bits per heavy atom. The second kappa shape index (κ2) is 5.48. The topological polar surface area (TPSA) is 37.8 Å². The van der Waals surface area contributed by atoms with Crippen LogP contribution in [0.15, 0.2) is 28.7 Å². The highest BCUT2D eigenvalue weighted by molar-refractivity contribution is 9.10. The third kappa shape index (κ3) is 2.98. The minimum Gasteiger partial charge on any atom is -0.370 e. The number of benzene rings is 1.